The van der Waals surface area contributed by atoms with Gasteiger partial charge >= 0.3 is 0 Å². The molecule has 0 fully saturated rings. The molecule has 1 heterocycles. The fourth-order valence-electron chi connectivity index (χ4n) is 3.51. The minimum atomic E-state index is -0.614. The van der Waals surface area contributed by atoms with E-state index in [0.29, 0.717) is 43.6 Å². The second-order valence-corrected chi connectivity index (χ2v) is 8.82. The van der Waals surface area contributed by atoms with Crippen molar-refractivity contribution in [3.8, 4) is 0 Å². The van der Waals surface area contributed by atoms with E-state index >= 15 is 0 Å². The maximum absolute atomic E-state index is 13.2. The van der Waals surface area contributed by atoms with Crippen molar-refractivity contribution in [3.63, 3.8) is 0 Å². The van der Waals surface area contributed by atoms with Crippen LogP contribution in [-0.4, -0.2) is 54.2 Å². The summed E-state index contributed by atoms with van der Waals surface area (Å²) < 4.78 is 18.8. The molecular weight excluding hydrogens is 419 g/mol. The molecule has 0 radical (unpaired) electrons. The molecule has 1 N–H and O–H groups in total. The fraction of sp³-hybridized carbons (Fsp3) is 0.458. The molecule has 1 aliphatic heterocycles. The number of rotatable bonds is 11. The van der Waals surface area contributed by atoms with Gasteiger partial charge in [-0.15, -0.1) is 0 Å². The molecule has 2 aromatic rings. The van der Waals surface area contributed by atoms with E-state index in [4.69, 9.17) is 21.2 Å². The molecule has 0 amide bonds. The van der Waals surface area contributed by atoms with Crippen LogP contribution in [0, 0.1) is 11.7 Å². The number of ether oxygens (including phenoxy) is 1. The highest BCUT2D eigenvalue weighted by Gasteiger charge is 2.26. The van der Waals surface area contributed by atoms with Crippen LogP contribution >= 0.6 is 11.6 Å². The number of benzene rings is 2. The summed E-state index contributed by atoms with van der Waals surface area (Å²) in [6.07, 6.45) is -0.141. The predicted octanol–water partition coefficient (Wildman–Crippen LogP) is 4.51. The van der Waals surface area contributed by atoms with Gasteiger partial charge in [-0.3, -0.25) is 4.90 Å². The van der Waals surface area contributed by atoms with E-state index in [0.717, 1.165) is 16.8 Å². The van der Waals surface area contributed by atoms with Crippen molar-refractivity contribution in [2.75, 3.05) is 26.3 Å². The number of aliphatic hydroxyl groups excluding tert-OH is 1. The van der Waals surface area contributed by atoms with Crippen LogP contribution in [0.25, 0.3) is 0 Å². The molecule has 2 atom stereocenters. The fourth-order valence-corrected chi connectivity index (χ4v) is 3.73. The Labute approximate surface area is 188 Å². The van der Waals surface area contributed by atoms with Crippen LogP contribution < -0.4 is 0 Å². The van der Waals surface area contributed by atoms with Gasteiger partial charge < -0.3 is 14.7 Å². The molecule has 2 aromatic carbocycles. The molecule has 0 saturated carbocycles. The van der Waals surface area contributed by atoms with Crippen LogP contribution in [-0.2, 0) is 16.1 Å². The lowest BCUT2D eigenvalue weighted by Gasteiger charge is -2.27. The Hall–Kier alpha value is -1.99. The minimum Gasteiger partial charge on any atom is -0.390 e. The van der Waals surface area contributed by atoms with Gasteiger partial charge in [0.05, 0.1) is 18.4 Å². The lowest BCUT2D eigenvalue weighted by Crippen LogP contribution is -2.39. The number of halogens is 2. The van der Waals surface area contributed by atoms with E-state index in [1.165, 1.54) is 12.1 Å². The van der Waals surface area contributed by atoms with Gasteiger partial charge in [-0.2, -0.15) is 0 Å². The van der Waals surface area contributed by atoms with Crippen molar-refractivity contribution in [1.82, 2.24) is 4.90 Å². The quantitative estimate of drug-likeness (QED) is 0.549. The molecule has 7 heteroatoms. The summed E-state index contributed by atoms with van der Waals surface area (Å²) in [5, 5.41) is 15.4. The highest BCUT2D eigenvalue weighted by atomic mass is 35.5. The molecule has 0 aromatic heterocycles. The molecule has 0 saturated heterocycles. The van der Waals surface area contributed by atoms with Crippen molar-refractivity contribution in [2.45, 2.75) is 39.0 Å². The zero-order valence-corrected chi connectivity index (χ0v) is 18.8. The first kappa shape index (κ1) is 23.7. The summed E-state index contributed by atoms with van der Waals surface area (Å²) in [5.74, 6) is 0.143. The number of hydrogen-bond donors (Lipinski definition) is 1. The molecule has 5 nitrogen and oxygen atoms in total. The number of hydrogen-bond acceptors (Lipinski definition) is 5. The lowest BCUT2D eigenvalue weighted by atomic mass is 10.0. The molecule has 0 spiro atoms. The molecule has 0 bridgehead atoms. The summed E-state index contributed by atoms with van der Waals surface area (Å²) in [7, 11) is 0. The van der Waals surface area contributed by atoms with E-state index in [1.54, 1.807) is 12.1 Å². The van der Waals surface area contributed by atoms with Crippen molar-refractivity contribution < 1.29 is 19.1 Å². The van der Waals surface area contributed by atoms with Crippen LogP contribution in [0.3, 0.4) is 0 Å². The van der Waals surface area contributed by atoms with Crippen LogP contribution in [0.2, 0.25) is 5.02 Å². The molecule has 31 heavy (non-hydrogen) atoms. The zero-order chi connectivity index (χ0) is 22.2. The Balaban J connectivity index is 1.60. The average Bonchev–Trinajstić information content (AvgIpc) is 3.16. The molecular formula is C24H30ClFN2O3. The van der Waals surface area contributed by atoms with E-state index < -0.39 is 6.10 Å². The highest BCUT2D eigenvalue weighted by Crippen LogP contribution is 2.20. The number of oxime groups is 1. The third-order valence-electron chi connectivity index (χ3n) is 4.90. The van der Waals surface area contributed by atoms with Gasteiger partial charge in [0.25, 0.3) is 0 Å². The minimum absolute atomic E-state index is 0.150. The lowest BCUT2D eigenvalue weighted by molar-refractivity contribution is -0.00734. The Bertz CT molecular complexity index is 860. The van der Waals surface area contributed by atoms with E-state index in [9.17, 15) is 9.50 Å². The summed E-state index contributed by atoms with van der Waals surface area (Å²) in [4.78, 5) is 7.78. The first-order chi connectivity index (χ1) is 14.9. The first-order valence-electron chi connectivity index (χ1n) is 10.6. The van der Waals surface area contributed by atoms with E-state index in [2.05, 4.69) is 23.9 Å². The smallest absolute Gasteiger partial charge is 0.145 e. The highest BCUT2D eigenvalue weighted by molar-refractivity contribution is 6.30. The standard InChI is InChI=1S/C24H30ClFN2O3/c1-17(2)15-30-16-22(29)13-28(12-18-4-3-5-20(25)10-18)14-23-11-24(27-31-23)19-6-8-21(26)9-7-19/h3-10,17,22-23,29H,11-16H2,1-2H3. The van der Waals surface area contributed by atoms with Crippen LogP contribution in [0.5, 0.6) is 0 Å². The Morgan fingerprint density at radius 2 is 2.00 bits per heavy atom. The zero-order valence-electron chi connectivity index (χ0n) is 18.0. The average molecular weight is 449 g/mol. The molecule has 1 aliphatic rings. The normalized spacial score (nSPS) is 17.1. The summed E-state index contributed by atoms with van der Waals surface area (Å²) in [5.41, 5.74) is 2.71. The van der Waals surface area contributed by atoms with E-state index in [-0.39, 0.29) is 18.5 Å². The second-order valence-electron chi connectivity index (χ2n) is 8.39. The van der Waals surface area contributed by atoms with Crippen LogP contribution in [0.15, 0.2) is 53.7 Å². The number of nitrogens with zero attached hydrogens (tertiary/aromatic N) is 2. The topological polar surface area (TPSA) is 54.3 Å². The van der Waals surface area contributed by atoms with Gasteiger partial charge in [0, 0.05) is 37.7 Å². The van der Waals surface area contributed by atoms with Crippen molar-refractivity contribution in [2.24, 2.45) is 11.1 Å². The molecule has 2 unspecified atom stereocenters. The first-order valence-corrected chi connectivity index (χ1v) is 11.0. The van der Waals surface area contributed by atoms with E-state index in [1.807, 2.05) is 24.3 Å². The monoisotopic (exact) mass is 448 g/mol. The molecule has 3 rings (SSSR count). The maximum Gasteiger partial charge on any atom is 0.145 e. The molecule has 0 aliphatic carbocycles. The summed E-state index contributed by atoms with van der Waals surface area (Å²) >= 11 is 6.14. The predicted molar refractivity (Wildman–Crippen MR) is 121 cm³/mol. The van der Waals surface area contributed by atoms with Crippen molar-refractivity contribution in [1.29, 1.82) is 0 Å². The van der Waals surface area contributed by atoms with Gasteiger partial charge in [-0.05, 0) is 41.3 Å². The van der Waals surface area contributed by atoms with Crippen LogP contribution in [0.1, 0.15) is 31.4 Å². The van der Waals surface area contributed by atoms with Gasteiger partial charge in [-0.25, -0.2) is 4.39 Å². The largest absolute Gasteiger partial charge is 0.390 e. The Morgan fingerprint density at radius 3 is 2.71 bits per heavy atom. The molecule has 168 valence electrons. The van der Waals surface area contributed by atoms with Gasteiger partial charge in [0.1, 0.15) is 11.9 Å². The van der Waals surface area contributed by atoms with Gasteiger partial charge in [0.15, 0.2) is 0 Å². The SMILES string of the molecule is CC(C)COCC(O)CN(Cc1cccc(Cl)c1)CC1CC(c2ccc(F)cc2)=NO1. The Kier molecular flexibility index (Phi) is 8.84. The third-order valence-corrected chi connectivity index (χ3v) is 5.13. The summed E-state index contributed by atoms with van der Waals surface area (Å²) in [6, 6.07) is 13.9. The van der Waals surface area contributed by atoms with Crippen LogP contribution in [0.4, 0.5) is 4.39 Å². The Morgan fingerprint density at radius 1 is 1.23 bits per heavy atom. The third kappa shape index (κ3) is 7.89. The van der Waals surface area contributed by atoms with Crippen molar-refractivity contribution >= 4 is 17.3 Å². The second kappa shape index (κ2) is 11.6. The van der Waals surface area contributed by atoms with Gasteiger partial charge in [-0.1, -0.05) is 54.9 Å². The van der Waals surface area contributed by atoms with Crippen molar-refractivity contribution in [3.05, 3.63) is 70.5 Å². The number of aliphatic hydroxyl groups is 1. The summed E-state index contributed by atoms with van der Waals surface area (Å²) in [6.45, 7) is 6.70. The van der Waals surface area contributed by atoms with Gasteiger partial charge in [0.2, 0.25) is 0 Å². The maximum atomic E-state index is 13.2.